The molecule has 1 aliphatic rings. The second-order valence-corrected chi connectivity index (χ2v) is 13.1. The molecule has 7 amide bonds. The van der Waals surface area contributed by atoms with Crippen LogP contribution in [0.3, 0.4) is 0 Å². The number of carboxylic acid groups (broad SMARTS) is 2. The van der Waals surface area contributed by atoms with Crippen molar-refractivity contribution in [3.63, 3.8) is 0 Å². The van der Waals surface area contributed by atoms with E-state index in [2.05, 4.69) is 31.6 Å². The molecule has 1 heterocycles. The van der Waals surface area contributed by atoms with Gasteiger partial charge in [0.2, 0.25) is 41.4 Å². The topological polar surface area (TPSA) is 440 Å². The van der Waals surface area contributed by atoms with E-state index in [4.69, 9.17) is 28.7 Å². The quantitative estimate of drug-likeness (QED) is 0.0208. The molecular weight excluding hydrogens is 760 g/mol. The summed E-state index contributed by atoms with van der Waals surface area (Å²) in [5.74, 6) is -9.80. The van der Waals surface area contributed by atoms with Crippen LogP contribution in [0.2, 0.25) is 0 Å². The summed E-state index contributed by atoms with van der Waals surface area (Å²) in [4.78, 5) is 119. The molecule has 1 saturated heterocycles. The van der Waals surface area contributed by atoms with Crippen LogP contribution in [0.5, 0.6) is 0 Å². The summed E-state index contributed by atoms with van der Waals surface area (Å²) in [6, 6.07) is -10.4. The van der Waals surface area contributed by atoms with Crippen LogP contribution < -0.4 is 55.3 Å². The van der Waals surface area contributed by atoms with Crippen molar-refractivity contribution in [3.05, 3.63) is 0 Å². The number of carbonyl (C=O) groups is 9. The maximum atomic E-state index is 13.9. The number of hydrogen-bond donors (Lipinski definition) is 14. The zero-order valence-corrected chi connectivity index (χ0v) is 31.4. The van der Waals surface area contributed by atoms with Crippen LogP contribution in [0.1, 0.15) is 64.2 Å². The van der Waals surface area contributed by atoms with Gasteiger partial charge in [0.1, 0.15) is 36.3 Å². The third kappa shape index (κ3) is 17.8. The van der Waals surface area contributed by atoms with Gasteiger partial charge < -0.3 is 80.6 Å². The van der Waals surface area contributed by atoms with Gasteiger partial charge in [-0.3, -0.25) is 43.3 Å². The van der Waals surface area contributed by atoms with Crippen molar-refractivity contribution in [3.8, 4) is 0 Å². The second kappa shape index (κ2) is 25.5. The highest BCUT2D eigenvalue weighted by Gasteiger charge is 2.39. The van der Waals surface area contributed by atoms with E-state index in [0.29, 0.717) is 12.8 Å². The van der Waals surface area contributed by atoms with E-state index in [1.165, 1.54) is 0 Å². The number of amides is 7. The van der Waals surface area contributed by atoms with Crippen LogP contribution in [-0.2, 0) is 43.2 Å². The molecule has 322 valence electrons. The molecule has 19 N–H and O–H groups in total. The van der Waals surface area contributed by atoms with Crippen LogP contribution in [0.25, 0.3) is 0 Å². The molecule has 0 radical (unpaired) electrons. The second-order valence-electron chi connectivity index (χ2n) is 13.1. The average molecular weight is 817 g/mol. The van der Waals surface area contributed by atoms with Crippen LogP contribution in [0.15, 0.2) is 4.99 Å². The predicted molar refractivity (Wildman–Crippen MR) is 198 cm³/mol. The maximum Gasteiger partial charge on any atom is 0.328 e. The Bertz CT molecular complexity index is 1460. The number of primary amides is 1. The lowest BCUT2D eigenvalue weighted by Gasteiger charge is -2.30. The van der Waals surface area contributed by atoms with E-state index in [0.717, 1.165) is 4.90 Å². The lowest BCUT2D eigenvalue weighted by Crippen LogP contribution is -2.60. The molecule has 0 aliphatic carbocycles. The molecule has 0 saturated carbocycles. The Morgan fingerprint density at radius 3 is 1.82 bits per heavy atom. The SMILES string of the molecule is NCCCC[C@H](NC(=O)[C@H](CO)NC(=O)[C@H](CC(=O)O)NC(=O)[C@@H](N)CCC(N)=O)C(=O)N[C@@H](CCCN=C(N)N)C(=O)N1CCC[C@H]1C(=O)N[C@@H](CO)C(=O)O. The van der Waals surface area contributed by atoms with Crippen LogP contribution >= 0.6 is 0 Å². The summed E-state index contributed by atoms with van der Waals surface area (Å²) in [7, 11) is 0. The molecule has 0 unspecified atom stereocenters. The highest BCUT2D eigenvalue weighted by molar-refractivity contribution is 5.98. The lowest BCUT2D eigenvalue weighted by molar-refractivity contribution is -0.145. The van der Waals surface area contributed by atoms with E-state index in [1.807, 2.05) is 0 Å². The molecule has 0 aromatic rings. The molecule has 25 heteroatoms. The van der Waals surface area contributed by atoms with Gasteiger partial charge in [0.05, 0.1) is 25.7 Å². The van der Waals surface area contributed by atoms with Gasteiger partial charge in [-0.05, 0) is 57.9 Å². The Kier molecular flexibility index (Phi) is 22.1. The number of aliphatic hydroxyl groups is 2. The summed E-state index contributed by atoms with van der Waals surface area (Å²) in [6.45, 7) is -1.64. The number of nitrogens with one attached hydrogen (secondary N) is 5. The number of unbranched alkanes of at least 4 members (excludes halogenated alkanes) is 1. The average Bonchev–Trinajstić information content (AvgIpc) is 3.64. The number of aliphatic carboxylic acids is 2. The number of nitrogens with zero attached hydrogens (tertiary/aromatic N) is 2. The molecule has 1 rings (SSSR count). The molecule has 7 atom stereocenters. The monoisotopic (exact) mass is 816 g/mol. The number of aliphatic hydroxyl groups excluding tert-OH is 2. The van der Waals surface area contributed by atoms with Gasteiger partial charge in [-0.1, -0.05) is 0 Å². The van der Waals surface area contributed by atoms with Crippen molar-refractivity contribution in [1.29, 1.82) is 0 Å². The van der Waals surface area contributed by atoms with Gasteiger partial charge in [-0.25, -0.2) is 4.79 Å². The fourth-order valence-electron chi connectivity index (χ4n) is 5.58. The van der Waals surface area contributed by atoms with Crippen molar-refractivity contribution >= 4 is 59.2 Å². The normalized spacial score (nSPS) is 16.7. The Labute approximate surface area is 327 Å². The first-order valence-electron chi connectivity index (χ1n) is 18.1. The molecule has 57 heavy (non-hydrogen) atoms. The summed E-state index contributed by atoms with van der Waals surface area (Å²) < 4.78 is 0. The Morgan fingerprint density at radius 2 is 1.26 bits per heavy atom. The number of rotatable bonds is 27. The van der Waals surface area contributed by atoms with Crippen molar-refractivity contribution in [2.75, 3.05) is 32.8 Å². The van der Waals surface area contributed by atoms with Gasteiger partial charge in [0.25, 0.3) is 0 Å². The first kappa shape index (κ1) is 49.4. The van der Waals surface area contributed by atoms with Crippen molar-refractivity contribution in [2.45, 2.75) is 107 Å². The van der Waals surface area contributed by atoms with E-state index in [9.17, 15) is 63.6 Å². The minimum absolute atomic E-state index is 0.0415. The highest BCUT2D eigenvalue weighted by atomic mass is 16.4. The van der Waals surface area contributed by atoms with Gasteiger partial charge in [-0.15, -0.1) is 0 Å². The standard InChI is InChI=1S/C32H56N12O13/c33-10-2-1-5-17(39-28(53)20(14-45)42-27(52)19(13-24(48)49)41-25(50)16(34)8-9-23(35)47)26(51)40-18(6-3-11-38-32(36)37)30(55)44-12-4-7-22(44)29(54)43-21(15-46)31(56)57/h16-22,45-46H,1-15,33-34H2,(H2,35,47)(H,39,53)(H,40,51)(H,41,50)(H,42,52)(H,43,54)(H,48,49)(H,56,57)(H4,36,37,38)/t16-,17-,18-,19-,20-,21-,22-/m0/s1. The van der Waals surface area contributed by atoms with E-state index < -0.39 is 115 Å². The molecule has 0 aromatic carbocycles. The molecule has 0 aromatic heterocycles. The smallest absolute Gasteiger partial charge is 0.328 e. The van der Waals surface area contributed by atoms with Gasteiger partial charge >= 0.3 is 11.9 Å². The van der Waals surface area contributed by atoms with Gasteiger partial charge in [-0.2, -0.15) is 0 Å². The largest absolute Gasteiger partial charge is 0.481 e. The third-order valence-electron chi connectivity index (χ3n) is 8.64. The Hall–Kier alpha value is -5.66. The molecule has 0 spiro atoms. The van der Waals surface area contributed by atoms with Crippen LogP contribution in [-0.4, -0.2) is 160 Å². The molecule has 1 fully saturated rings. The summed E-state index contributed by atoms with van der Waals surface area (Å²) >= 11 is 0. The number of carboxylic acids is 2. The van der Waals surface area contributed by atoms with Crippen molar-refractivity contribution < 1.29 is 63.6 Å². The van der Waals surface area contributed by atoms with E-state index >= 15 is 0 Å². The lowest BCUT2D eigenvalue weighted by atomic mass is 10.0. The fourth-order valence-corrected chi connectivity index (χ4v) is 5.58. The third-order valence-corrected chi connectivity index (χ3v) is 8.64. The predicted octanol–water partition coefficient (Wildman–Crippen LogP) is -7.28. The first-order chi connectivity index (χ1) is 26.9. The zero-order valence-electron chi connectivity index (χ0n) is 31.4. The molecule has 25 nitrogen and oxygen atoms in total. The number of aliphatic imine (C=N–C) groups is 1. The first-order valence-corrected chi connectivity index (χ1v) is 18.1. The summed E-state index contributed by atoms with van der Waals surface area (Å²) in [6.07, 6.45) is -0.259. The molecule has 1 aliphatic heterocycles. The fraction of sp³-hybridized carbons (Fsp3) is 0.688. The van der Waals surface area contributed by atoms with Gasteiger partial charge in [0, 0.05) is 19.5 Å². The number of hydrogen-bond acceptors (Lipinski definition) is 14. The highest BCUT2D eigenvalue weighted by Crippen LogP contribution is 2.20. The minimum Gasteiger partial charge on any atom is -0.481 e. The maximum absolute atomic E-state index is 13.9. The van der Waals surface area contributed by atoms with Gasteiger partial charge in [0.15, 0.2) is 5.96 Å². The number of nitrogens with two attached hydrogens (primary N) is 5. The van der Waals surface area contributed by atoms with Crippen LogP contribution in [0, 0.1) is 0 Å². The van der Waals surface area contributed by atoms with E-state index in [-0.39, 0.29) is 70.5 Å². The number of carbonyl (C=O) groups excluding carboxylic acids is 7. The number of likely N-dealkylation sites (tertiary alicyclic amines) is 1. The zero-order chi connectivity index (χ0) is 43.2. The Balaban J connectivity index is 3.28. The van der Waals surface area contributed by atoms with E-state index in [1.54, 1.807) is 0 Å². The minimum atomic E-state index is -1.79. The van der Waals surface area contributed by atoms with Crippen molar-refractivity contribution in [2.24, 2.45) is 33.7 Å². The molecule has 0 bridgehead atoms. The van der Waals surface area contributed by atoms with Crippen LogP contribution in [0.4, 0.5) is 0 Å². The summed E-state index contributed by atoms with van der Waals surface area (Å²) in [5.41, 5.74) is 27.2. The Morgan fingerprint density at radius 1 is 0.702 bits per heavy atom. The van der Waals surface area contributed by atoms with Crippen molar-refractivity contribution in [1.82, 2.24) is 31.5 Å². The number of guanidine groups is 1. The summed E-state index contributed by atoms with van der Waals surface area (Å²) in [5, 5.41) is 49.4. The molecular formula is C32H56N12O13.